The Balaban J connectivity index is 4.49. The van der Waals surface area contributed by atoms with Crippen molar-refractivity contribution in [1.82, 2.24) is 0 Å². The van der Waals surface area contributed by atoms with Gasteiger partial charge in [-0.15, -0.1) is 0 Å². The molecule has 0 saturated carbocycles. The summed E-state index contributed by atoms with van der Waals surface area (Å²) in [6, 6.07) is 0. The molecule has 1 atom stereocenters. The van der Waals surface area contributed by atoms with Crippen molar-refractivity contribution in [2.75, 3.05) is 19.8 Å². The largest absolute Gasteiger partial charge is 0.462 e. The number of carbonyl (C=O) groups is 2. The average molecular weight is 883 g/mol. The van der Waals surface area contributed by atoms with Crippen LogP contribution in [0.25, 0.3) is 0 Å². The minimum absolute atomic E-state index is 0.0196. The van der Waals surface area contributed by atoms with Crippen molar-refractivity contribution in [2.45, 2.75) is 207 Å². The van der Waals surface area contributed by atoms with Gasteiger partial charge in [-0.25, -0.2) is 0 Å². The molecule has 5 heteroatoms. The Bertz CT molecular complexity index is 1370. The second-order valence-electron chi connectivity index (χ2n) is 16.3. The molecule has 0 fully saturated rings. The molecule has 0 heterocycles. The SMILES string of the molecule is CC/C=C\C/C=C\C/C=C\C/C=C\C/C=C\CC(=O)OC(COCCCCCCCC/C=C\C/C=C\CCCCC)COC(=O)CCCCCC/C=C\C/C=C\C/C=C\C/C=C\CC. The quantitative estimate of drug-likeness (QED) is 0.0346. The summed E-state index contributed by atoms with van der Waals surface area (Å²) in [7, 11) is 0. The van der Waals surface area contributed by atoms with Gasteiger partial charge in [0.2, 0.25) is 0 Å². The van der Waals surface area contributed by atoms with Gasteiger partial charge in [0.15, 0.2) is 6.10 Å². The lowest BCUT2D eigenvalue weighted by Gasteiger charge is -2.18. The Kier molecular flexibility index (Phi) is 50.1. The molecule has 1 unspecified atom stereocenters. The van der Waals surface area contributed by atoms with Gasteiger partial charge in [0.25, 0.3) is 0 Å². The first kappa shape index (κ1) is 60.0. The van der Waals surface area contributed by atoms with Crippen molar-refractivity contribution < 1.29 is 23.8 Å². The molecule has 360 valence electrons. The highest BCUT2D eigenvalue weighted by Gasteiger charge is 2.17. The van der Waals surface area contributed by atoms with Crippen LogP contribution in [0.2, 0.25) is 0 Å². The van der Waals surface area contributed by atoms with Crippen LogP contribution in [0, 0.1) is 0 Å². The summed E-state index contributed by atoms with van der Waals surface area (Å²) in [6.07, 6.45) is 76.2. The molecule has 0 radical (unpaired) electrons. The highest BCUT2D eigenvalue weighted by atomic mass is 16.6. The molecule has 0 aliphatic carbocycles. The fourth-order valence-corrected chi connectivity index (χ4v) is 6.43. The van der Waals surface area contributed by atoms with Crippen molar-refractivity contribution in [1.29, 1.82) is 0 Å². The minimum atomic E-state index is -0.616. The van der Waals surface area contributed by atoms with E-state index in [0.717, 1.165) is 116 Å². The first-order valence-electron chi connectivity index (χ1n) is 25.7. The van der Waals surface area contributed by atoms with E-state index in [1.165, 1.54) is 51.4 Å². The van der Waals surface area contributed by atoms with E-state index >= 15 is 0 Å². The van der Waals surface area contributed by atoms with E-state index in [2.05, 4.69) is 142 Å². The standard InChI is InChI=1S/C59H94O5/c1-4-7-10-13-16-19-22-25-28-30-32-34-37-40-43-46-49-52-58(60)63-56-57(55-62-54-51-48-45-42-39-36-33-29-26-23-20-17-14-11-8-5-2)64-59(61)53-50-47-44-41-38-35-31-27-24-21-18-15-12-9-6-3/h7,9-10,12,16-21,25-29,31-32,34,38,41,47,50,57H,4-6,8,11,13-15,22-24,30,33,35-37,39-40,42-46,48-49,51-56H2,1-3H3/b10-7-,12-9-,19-16-,20-17-,21-18-,28-25-,29-26-,31-27-,34-32-,41-38-,50-47-. The second kappa shape index (κ2) is 53.4. The smallest absolute Gasteiger partial charge is 0.310 e. The first-order valence-corrected chi connectivity index (χ1v) is 25.7. The van der Waals surface area contributed by atoms with Gasteiger partial charge in [-0.2, -0.15) is 0 Å². The highest BCUT2D eigenvalue weighted by molar-refractivity contribution is 5.71. The van der Waals surface area contributed by atoms with Gasteiger partial charge in [0.1, 0.15) is 6.61 Å². The summed E-state index contributed by atoms with van der Waals surface area (Å²) in [6.45, 7) is 7.40. The molecule has 0 rings (SSSR count). The monoisotopic (exact) mass is 883 g/mol. The van der Waals surface area contributed by atoms with E-state index in [1.54, 1.807) is 0 Å². The third-order valence-electron chi connectivity index (χ3n) is 10.2. The maximum Gasteiger partial charge on any atom is 0.310 e. The molecule has 0 aliphatic heterocycles. The van der Waals surface area contributed by atoms with Gasteiger partial charge < -0.3 is 14.2 Å². The number of carbonyl (C=O) groups excluding carboxylic acids is 2. The van der Waals surface area contributed by atoms with Gasteiger partial charge >= 0.3 is 11.9 Å². The number of ether oxygens (including phenoxy) is 3. The van der Waals surface area contributed by atoms with Crippen LogP contribution in [0.5, 0.6) is 0 Å². The zero-order chi connectivity index (χ0) is 46.3. The third kappa shape index (κ3) is 50.7. The van der Waals surface area contributed by atoms with Crippen molar-refractivity contribution in [3.63, 3.8) is 0 Å². The predicted molar refractivity (Wildman–Crippen MR) is 278 cm³/mol. The molecule has 0 amide bonds. The van der Waals surface area contributed by atoms with Gasteiger partial charge in [-0.3, -0.25) is 9.59 Å². The highest BCUT2D eigenvalue weighted by Crippen LogP contribution is 2.11. The van der Waals surface area contributed by atoms with E-state index < -0.39 is 6.10 Å². The first-order chi connectivity index (χ1) is 31.6. The van der Waals surface area contributed by atoms with Crippen LogP contribution in [-0.4, -0.2) is 37.9 Å². The van der Waals surface area contributed by atoms with E-state index in [9.17, 15) is 9.59 Å². The Labute approximate surface area is 394 Å². The van der Waals surface area contributed by atoms with E-state index in [4.69, 9.17) is 14.2 Å². The van der Waals surface area contributed by atoms with Crippen molar-refractivity contribution in [3.05, 3.63) is 134 Å². The molecule has 0 aliphatic rings. The average Bonchev–Trinajstić information content (AvgIpc) is 3.30. The molecule has 0 N–H and O–H groups in total. The van der Waals surface area contributed by atoms with Crippen molar-refractivity contribution in [2.24, 2.45) is 0 Å². The topological polar surface area (TPSA) is 61.8 Å². The molecule has 5 nitrogen and oxygen atoms in total. The van der Waals surface area contributed by atoms with E-state index in [1.807, 2.05) is 12.2 Å². The number of allylic oxidation sites excluding steroid dienone is 21. The van der Waals surface area contributed by atoms with Gasteiger partial charge in [-0.1, -0.05) is 206 Å². The number of esters is 2. The summed E-state index contributed by atoms with van der Waals surface area (Å²) >= 11 is 0. The Morgan fingerprint density at radius 1 is 0.375 bits per heavy atom. The lowest BCUT2D eigenvalue weighted by atomic mass is 10.1. The van der Waals surface area contributed by atoms with Gasteiger partial charge in [-0.05, 0) is 116 Å². The zero-order valence-corrected chi connectivity index (χ0v) is 41.2. The molecular weight excluding hydrogens is 789 g/mol. The zero-order valence-electron chi connectivity index (χ0n) is 41.2. The molecule has 0 bridgehead atoms. The summed E-state index contributed by atoms with van der Waals surface area (Å²) in [5.41, 5.74) is 0. The maximum absolute atomic E-state index is 12.7. The van der Waals surface area contributed by atoms with Crippen LogP contribution in [-0.2, 0) is 23.8 Å². The third-order valence-corrected chi connectivity index (χ3v) is 10.2. The van der Waals surface area contributed by atoms with Crippen molar-refractivity contribution in [3.8, 4) is 0 Å². The number of hydrogen-bond acceptors (Lipinski definition) is 5. The minimum Gasteiger partial charge on any atom is -0.462 e. The fraction of sp³-hybridized carbons (Fsp3) is 0.593. The van der Waals surface area contributed by atoms with Gasteiger partial charge in [0, 0.05) is 13.0 Å². The summed E-state index contributed by atoms with van der Waals surface area (Å²) in [4.78, 5) is 25.3. The Morgan fingerprint density at radius 2 is 0.750 bits per heavy atom. The molecule has 0 aromatic rings. The van der Waals surface area contributed by atoms with Crippen LogP contribution in [0.3, 0.4) is 0 Å². The van der Waals surface area contributed by atoms with Gasteiger partial charge in [0.05, 0.1) is 13.0 Å². The number of rotatable bonds is 45. The predicted octanol–water partition coefficient (Wildman–Crippen LogP) is 17.6. The summed E-state index contributed by atoms with van der Waals surface area (Å²) in [5, 5.41) is 0. The Morgan fingerprint density at radius 3 is 1.20 bits per heavy atom. The summed E-state index contributed by atoms with van der Waals surface area (Å²) < 4.78 is 17.3. The second-order valence-corrected chi connectivity index (χ2v) is 16.3. The molecule has 64 heavy (non-hydrogen) atoms. The van der Waals surface area contributed by atoms with Crippen LogP contribution < -0.4 is 0 Å². The lowest BCUT2D eigenvalue weighted by Crippen LogP contribution is -2.29. The molecule has 0 aromatic heterocycles. The maximum atomic E-state index is 12.7. The lowest BCUT2D eigenvalue weighted by molar-refractivity contribution is -0.162. The van der Waals surface area contributed by atoms with Crippen LogP contribution in [0.1, 0.15) is 201 Å². The molecule has 0 aromatic carbocycles. The van der Waals surface area contributed by atoms with Crippen molar-refractivity contribution >= 4 is 11.9 Å². The van der Waals surface area contributed by atoms with Crippen LogP contribution >= 0.6 is 0 Å². The number of unbranched alkanes of at least 4 members (excludes halogenated alkanes) is 13. The fourth-order valence-electron chi connectivity index (χ4n) is 6.43. The Hall–Kier alpha value is -3.96. The molecule has 0 saturated heterocycles. The van der Waals surface area contributed by atoms with E-state index in [-0.39, 0.29) is 31.6 Å². The molecular formula is C59H94O5. The molecule has 0 spiro atoms. The normalized spacial score (nSPS) is 13.4. The van der Waals surface area contributed by atoms with Crippen LogP contribution in [0.15, 0.2) is 134 Å². The van der Waals surface area contributed by atoms with Crippen LogP contribution in [0.4, 0.5) is 0 Å². The summed E-state index contributed by atoms with van der Waals surface area (Å²) in [5.74, 6) is -0.587. The van der Waals surface area contributed by atoms with E-state index in [0.29, 0.717) is 13.0 Å². The number of hydrogen-bond donors (Lipinski definition) is 0.